The van der Waals surface area contributed by atoms with Gasteiger partial charge in [0.05, 0.1) is 15.2 Å². The van der Waals surface area contributed by atoms with Gasteiger partial charge in [-0.1, -0.05) is 11.6 Å². The normalized spacial score (nSPS) is 25.1. The first kappa shape index (κ1) is 22.8. The molecule has 2 aromatic rings. The highest BCUT2D eigenvalue weighted by molar-refractivity contribution is 7.92. The van der Waals surface area contributed by atoms with Crippen LogP contribution in [0.4, 0.5) is 18.9 Å². The zero-order valence-corrected chi connectivity index (χ0v) is 17.9. The smallest absolute Gasteiger partial charge is 0.255 e. The Kier molecular flexibility index (Phi) is 5.81. The first-order chi connectivity index (χ1) is 15.0. The van der Waals surface area contributed by atoms with Crippen LogP contribution < -0.4 is 5.32 Å². The molecule has 0 radical (unpaired) electrons. The average molecular weight is 488 g/mol. The number of nitrogens with one attached hydrogen (secondary N) is 1. The molecule has 2 aliphatic carbocycles. The molecule has 11 heteroatoms. The Morgan fingerprint density at radius 1 is 1.09 bits per heavy atom. The summed E-state index contributed by atoms with van der Waals surface area (Å²) in [5, 5.41) is 11.2. The monoisotopic (exact) mass is 487 g/mol. The van der Waals surface area contributed by atoms with Gasteiger partial charge in [0.1, 0.15) is 6.10 Å². The minimum Gasteiger partial charge on any atom is -0.385 e. The molecular weight excluding hydrogens is 471 g/mol. The molecule has 0 aromatic heterocycles. The lowest BCUT2D eigenvalue weighted by Gasteiger charge is -2.32. The van der Waals surface area contributed by atoms with E-state index < -0.39 is 56.4 Å². The number of rotatable bonds is 4. The predicted octanol–water partition coefficient (Wildman–Crippen LogP) is 3.51. The second-order valence-corrected chi connectivity index (χ2v) is 10.5. The number of benzene rings is 2. The molecule has 0 saturated heterocycles. The van der Waals surface area contributed by atoms with E-state index in [1.54, 1.807) is 0 Å². The van der Waals surface area contributed by atoms with Gasteiger partial charge < -0.3 is 10.4 Å². The van der Waals surface area contributed by atoms with Crippen molar-refractivity contribution in [1.82, 2.24) is 0 Å². The van der Waals surface area contributed by atoms with Crippen molar-refractivity contribution in [1.29, 1.82) is 0 Å². The van der Waals surface area contributed by atoms with Gasteiger partial charge >= 0.3 is 0 Å². The van der Waals surface area contributed by atoms with Gasteiger partial charge in [-0.15, -0.1) is 0 Å². The lowest BCUT2D eigenvalue weighted by molar-refractivity contribution is -0.132. The minimum atomic E-state index is -4.13. The number of ketones is 1. The van der Waals surface area contributed by atoms with Crippen LogP contribution in [-0.4, -0.2) is 36.6 Å². The van der Waals surface area contributed by atoms with Crippen molar-refractivity contribution < 1.29 is 36.3 Å². The SMILES string of the molecule is O=C(Nc1cc(F)c(F)c(F)c1)c1ccc(Cl)c(S(=O)(=O)C2C3CCC2[C@H](O)C(=O)C3)c1. The number of carbonyl (C=O) groups is 2. The Bertz CT molecular complexity index is 1210. The van der Waals surface area contributed by atoms with Crippen LogP contribution in [0.25, 0.3) is 0 Å². The third-order valence-corrected chi connectivity index (χ3v) is 8.90. The molecule has 2 aliphatic rings. The van der Waals surface area contributed by atoms with Crippen molar-refractivity contribution in [2.75, 3.05) is 5.32 Å². The third-order valence-electron chi connectivity index (χ3n) is 6.06. The van der Waals surface area contributed by atoms with Gasteiger partial charge in [-0.25, -0.2) is 21.6 Å². The highest BCUT2D eigenvalue weighted by Gasteiger charge is 2.54. The lowest BCUT2D eigenvalue weighted by Crippen LogP contribution is -2.46. The Labute approximate surface area is 186 Å². The Morgan fingerprint density at radius 2 is 1.75 bits per heavy atom. The van der Waals surface area contributed by atoms with Crippen molar-refractivity contribution in [2.45, 2.75) is 35.5 Å². The Balaban J connectivity index is 1.66. The van der Waals surface area contributed by atoms with E-state index in [0.29, 0.717) is 25.0 Å². The number of aliphatic hydroxyl groups is 1. The van der Waals surface area contributed by atoms with E-state index in [1.807, 2.05) is 0 Å². The molecule has 170 valence electrons. The summed E-state index contributed by atoms with van der Waals surface area (Å²) in [7, 11) is -4.13. The van der Waals surface area contributed by atoms with Crippen LogP contribution in [0.15, 0.2) is 35.2 Å². The second kappa shape index (κ2) is 8.17. The van der Waals surface area contributed by atoms with E-state index >= 15 is 0 Å². The number of sulfone groups is 1. The summed E-state index contributed by atoms with van der Waals surface area (Å²) in [6.07, 6.45) is -0.583. The van der Waals surface area contributed by atoms with Crippen LogP contribution in [0.2, 0.25) is 5.02 Å². The van der Waals surface area contributed by atoms with Gasteiger partial charge in [-0.05, 0) is 37.0 Å². The van der Waals surface area contributed by atoms with Crippen LogP contribution in [0.5, 0.6) is 0 Å². The zero-order chi connectivity index (χ0) is 23.4. The fourth-order valence-corrected chi connectivity index (χ4v) is 7.43. The summed E-state index contributed by atoms with van der Waals surface area (Å²) < 4.78 is 66.7. The molecule has 32 heavy (non-hydrogen) atoms. The summed E-state index contributed by atoms with van der Waals surface area (Å²) in [5.41, 5.74) is -0.532. The number of amides is 1. The zero-order valence-electron chi connectivity index (χ0n) is 16.3. The molecule has 2 N–H and O–H groups in total. The van der Waals surface area contributed by atoms with Gasteiger partial charge in [0.15, 0.2) is 33.1 Å². The molecule has 6 nitrogen and oxygen atoms in total. The second-order valence-electron chi connectivity index (χ2n) is 7.98. The highest BCUT2D eigenvalue weighted by atomic mass is 35.5. The Hall–Kier alpha value is -2.43. The maximum atomic E-state index is 13.4. The summed E-state index contributed by atoms with van der Waals surface area (Å²) >= 11 is 6.12. The molecule has 3 unspecified atom stereocenters. The van der Waals surface area contributed by atoms with Gasteiger partial charge in [0, 0.05) is 35.7 Å². The number of fused-ring (bicyclic) bond motifs is 2. The molecule has 4 atom stereocenters. The maximum absolute atomic E-state index is 13.4. The predicted molar refractivity (Wildman–Crippen MR) is 109 cm³/mol. The van der Waals surface area contributed by atoms with Gasteiger partial charge in [-0.3, -0.25) is 9.59 Å². The van der Waals surface area contributed by atoms with Crippen molar-refractivity contribution in [2.24, 2.45) is 11.8 Å². The number of halogens is 4. The molecule has 1 amide bonds. The summed E-state index contributed by atoms with van der Waals surface area (Å²) in [5.74, 6) is -7.19. The number of aliphatic hydroxyl groups excluding tert-OH is 1. The fourth-order valence-electron chi connectivity index (χ4n) is 4.58. The standard InChI is InChI=1S/C21H17ClF3NO5S/c22-13-4-2-10(21(29)26-11-7-14(23)18(25)15(24)8-11)6-17(13)32(30,31)20-9-1-3-12(20)19(28)16(27)5-9/h2,4,6-9,12,19-20,28H,1,3,5H2,(H,26,29)/t9?,12?,19-,20?/m0/s1. The molecular formula is C21H17ClF3NO5S. The molecule has 4 rings (SSSR count). The molecule has 0 aliphatic heterocycles. The summed E-state index contributed by atoms with van der Waals surface area (Å²) in [6, 6.07) is 4.62. The highest BCUT2D eigenvalue weighted by Crippen LogP contribution is 2.47. The van der Waals surface area contributed by atoms with Gasteiger partial charge in [-0.2, -0.15) is 0 Å². The number of hydrogen-bond acceptors (Lipinski definition) is 5. The number of carbonyl (C=O) groups excluding carboxylic acids is 2. The summed E-state index contributed by atoms with van der Waals surface area (Å²) in [6.45, 7) is 0. The van der Waals surface area contributed by atoms with E-state index in [9.17, 15) is 36.3 Å². The van der Waals surface area contributed by atoms with Gasteiger partial charge in [0.2, 0.25) is 0 Å². The van der Waals surface area contributed by atoms with E-state index in [2.05, 4.69) is 5.32 Å². The largest absolute Gasteiger partial charge is 0.385 e. The lowest BCUT2D eigenvalue weighted by atomic mass is 9.85. The Morgan fingerprint density at radius 3 is 2.41 bits per heavy atom. The molecule has 2 bridgehead atoms. The van der Waals surface area contributed by atoms with E-state index in [4.69, 9.17) is 11.6 Å². The molecule has 2 fully saturated rings. The van der Waals surface area contributed by atoms with Crippen LogP contribution in [0.1, 0.15) is 29.6 Å². The molecule has 2 aromatic carbocycles. The van der Waals surface area contributed by atoms with E-state index in [0.717, 1.165) is 6.07 Å². The van der Waals surface area contributed by atoms with Crippen molar-refractivity contribution in [3.63, 3.8) is 0 Å². The van der Waals surface area contributed by atoms with Crippen LogP contribution in [0.3, 0.4) is 0 Å². The molecule has 0 spiro atoms. The van der Waals surface area contributed by atoms with Crippen LogP contribution in [0, 0.1) is 29.3 Å². The summed E-state index contributed by atoms with van der Waals surface area (Å²) in [4.78, 5) is 24.1. The van der Waals surface area contributed by atoms with Crippen molar-refractivity contribution in [3.8, 4) is 0 Å². The number of hydrogen-bond donors (Lipinski definition) is 2. The minimum absolute atomic E-state index is 0.0545. The quantitative estimate of drug-likeness (QED) is 0.643. The van der Waals surface area contributed by atoms with E-state index in [1.165, 1.54) is 12.1 Å². The third kappa shape index (κ3) is 3.80. The first-order valence-electron chi connectivity index (χ1n) is 9.71. The van der Waals surface area contributed by atoms with Crippen LogP contribution >= 0.6 is 11.6 Å². The molecule has 0 heterocycles. The average Bonchev–Trinajstić information content (AvgIpc) is 3.09. The van der Waals surface area contributed by atoms with Crippen molar-refractivity contribution >= 4 is 38.8 Å². The number of Topliss-reactive ketones (excluding diaryl/α,β-unsaturated/α-hetero) is 1. The van der Waals surface area contributed by atoms with E-state index in [-0.39, 0.29) is 33.4 Å². The topological polar surface area (TPSA) is 101 Å². The fraction of sp³-hybridized carbons (Fsp3) is 0.333. The molecule has 2 saturated carbocycles. The first-order valence-corrected chi connectivity index (χ1v) is 11.6. The number of anilines is 1. The van der Waals surface area contributed by atoms with Crippen molar-refractivity contribution in [3.05, 3.63) is 58.4 Å². The maximum Gasteiger partial charge on any atom is 0.255 e. The van der Waals surface area contributed by atoms with Gasteiger partial charge in [0.25, 0.3) is 5.91 Å². The van der Waals surface area contributed by atoms with Crippen LogP contribution in [-0.2, 0) is 14.6 Å².